The fraction of sp³-hybridized carbons (Fsp3) is 0. The molecule has 0 amide bonds. The molecule has 10 aromatic rings. The first kappa shape index (κ1) is 18.7. The van der Waals surface area contributed by atoms with Crippen molar-refractivity contribution in [3.05, 3.63) is 176 Å². The van der Waals surface area contributed by atoms with Gasteiger partial charge in [-0.25, -0.2) is 9.97 Å². The molecule has 0 fully saturated rings. The number of nitrogens with zero attached hydrogens (tertiary/aromatic N) is 3. The van der Waals surface area contributed by atoms with E-state index < -0.39 is 78.2 Å². The molecule has 0 aliphatic rings. The standard InChI is InChI=1S/C46H29N3O/c1-3-14-30(15-4-1)31-16-11-17-32(28-31)39-29-40(48-46(47-39)38-24-12-22-35-34-20-8-10-27-43(34)50-45(35)38)36-23-13-26-42-44(36)37-21-7-9-25-41(37)49(42)33-18-5-2-6-19-33/h1-29H/i2D,5D,6D,7D,9D,13D,18D,19D,21D,23D,25D,26D. The maximum Gasteiger partial charge on any atom is 0.164 e. The van der Waals surface area contributed by atoms with E-state index in [-0.39, 0.29) is 38.9 Å². The predicted octanol–water partition coefficient (Wildman–Crippen LogP) is 12.1. The van der Waals surface area contributed by atoms with Crippen LogP contribution in [0.4, 0.5) is 0 Å². The molecule has 4 nitrogen and oxygen atoms in total. The fourth-order valence-electron chi connectivity index (χ4n) is 6.60. The van der Waals surface area contributed by atoms with Gasteiger partial charge in [0.25, 0.3) is 0 Å². The average molecular weight is 652 g/mol. The van der Waals surface area contributed by atoms with Crippen molar-refractivity contribution in [3.8, 4) is 50.7 Å². The Morgan fingerprint density at radius 3 is 2.14 bits per heavy atom. The van der Waals surface area contributed by atoms with E-state index in [2.05, 4.69) is 0 Å². The van der Waals surface area contributed by atoms with Crippen molar-refractivity contribution in [2.24, 2.45) is 0 Å². The normalized spacial score (nSPS) is 15.0. The van der Waals surface area contributed by atoms with E-state index in [4.69, 9.17) is 25.4 Å². The lowest BCUT2D eigenvalue weighted by atomic mass is 9.99. The third kappa shape index (κ3) is 4.54. The summed E-state index contributed by atoms with van der Waals surface area (Å²) in [6.07, 6.45) is 0. The molecule has 0 N–H and O–H groups in total. The third-order valence-electron chi connectivity index (χ3n) is 8.82. The first-order chi connectivity index (χ1) is 29.8. The second kappa shape index (κ2) is 11.4. The van der Waals surface area contributed by atoms with Crippen LogP contribution >= 0.6 is 0 Å². The molecule has 0 bridgehead atoms. The molecule has 0 aliphatic carbocycles. The highest BCUT2D eigenvalue weighted by Crippen LogP contribution is 2.41. The number of aromatic nitrogens is 3. The van der Waals surface area contributed by atoms with Gasteiger partial charge in [-0.05, 0) is 59.6 Å². The van der Waals surface area contributed by atoms with Crippen molar-refractivity contribution in [1.82, 2.24) is 14.5 Å². The number of para-hydroxylation sites is 4. The second-order valence-corrected chi connectivity index (χ2v) is 11.7. The Morgan fingerprint density at radius 2 is 1.22 bits per heavy atom. The summed E-state index contributed by atoms with van der Waals surface area (Å²) in [5.41, 5.74) is 3.40. The first-order valence-electron chi connectivity index (χ1n) is 21.9. The highest BCUT2D eigenvalue weighted by molar-refractivity contribution is 6.16. The van der Waals surface area contributed by atoms with E-state index in [9.17, 15) is 5.48 Å². The van der Waals surface area contributed by atoms with Crippen LogP contribution in [0.25, 0.3) is 94.5 Å². The Balaban J connectivity index is 1.38. The number of benzene rings is 7. The molecule has 0 atom stereocenters. The van der Waals surface area contributed by atoms with E-state index in [1.165, 1.54) is 0 Å². The summed E-state index contributed by atoms with van der Waals surface area (Å²) >= 11 is 0. The van der Waals surface area contributed by atoms with Crippen molar-refractivity contribution in [3.63, 3.8) is 0 Å². The minimum atomic E-state index is -0.714. The number of hydrogen-bond acceptors (Lipinski definition) is 3. The summed E-state index contributed by atoms with van der Waals surface area (Å²) in [5, 5.41) is 1.38. The van der Waals surface area contributed by atoms with Crippen LogP contribution in [0.3, 0.4) is 0 Å². The molecule has 4 heteroatoms. The van der Waals surface area contributed by atoms with Crippen LogP contribution in [0, 0.1) is 0 Å². The highest BCUT2D eigenvalue weighted by atomic mass is 16.3. The molecular formula is C46H29N3O. The zero-order chi connectivity index (χ0) is 43.5. The molecule has 50 heavy (non-hydrogen) atoms. The molecule has 3 aromatic heterocycles. The Bertz CT molecular complexity index is 3540. The Morgan fingerprint density at radius 1 is 0.500 bits per heavy atom. The van der Waals surface area contributed by atoms with Crippen molar-refractivity contribution >= 4 is 43.7 Å². The van der Waals surface area contributed by atoms with E-state index >= 15 is 0 Å². The quantitative estimate of drug-likeness (QED) is 0.186. The lowest BCUT2D eigenvalue weighted by Gasteiger charge is -2.12. The van der Waals surface area contributed by atoms with Gasteiger partial charge < -0.3 is 8.98 Å². The van der Waals surface area contributed by atoms with Gasteiger partial charge in [0, 0.05) is 38.4 Å². The summed E-state index contributed by atoms with van der Waals surface area (Å²) in [4.78, 5) is 10.1. The van der Waals surface area contributed by atoms with Gasteiger partial charge in [-0.3, -0.25) is 0 Å². The number of fused-ring (bicyclic) bond motifs is 6. The molecule has 0 unspecified atom stereocenters. The van der Waals surface area contributed by atoms with Crippen molar-refractivity contribution in [2.75, 3.05) is 0 Å². The van der Waals surface area contributed by atoms with Gasteiger partial charge in [-0.15, -0.1) is 0 Å². The Labute approximate surface area is 305 Å². The van der Waals surface area contributed by atoms with Crippen molar-refractivity contribution in [1.29, 1.82) is 0 Å². The summed E-state index contributed by atoms with van der Waals surface area (Å²) in [7, 11) is 0. The lowest BCUT2D eigenvalue weighted by molar-refractivity contribution is 0.669. The maximum absolute atomic E-state index is 9.50. The maximum atomic E-state index is 9.50. The zero-order valence-electron chi connectivity index (χ0n) is 38.1. The molecule has 0 radical (unpaired) electrons. The number of rotatable bonds is 5. The predicted molar refractivity (Wildman–Crippen MR) is 205 cm³/mol. The van der Waals surface area contributed by atoms with Gasteiger partial charge in [0.2, 0.25) is 0 Å². The van der Waals surface area contributed by atoms with Crippen LogP contribution < -0.4 is 0 Å². The molecule has 7 aromatic carbocycles. The summed E-state index contributed by atoms with van der Waals surface area (Å²) in [5.74, 6) is 0.164. The first-order valence-corrected chi connectivity index (χ1v) is 15.9. The van der Waals surface area contributed by atoms with Gasteiger partial charge in [0.15, 0.2) is 5.82 Å². The minimum absolute atomic E-state index is 0.0549. The summed E-state index contributed by atoms with van der Waals surface area (Å²) < 4.78 is 114. The fourth-order valence-corrected chi connectivity index (χ4v) is 6.60. The molecule has 0 aliphatic heterocycles. The highest BCUT2D eigenvalue weighted by Gasteiger charge is 2.20. The van der Waals surface area contributed by atoms with E-state index in [0.717, 1.165) is 26.5 Å². The largest absolute Gasteiger partial charge is 0.455 e. The van der Waals surface area contributed by atoms with E-state index in [1.807, 2.05) is 91.0 Å². The van der Waals surface area contributed by atoms with Crippen LogP contribution in [-0.4, -0.2) is 14.5 Å². The topological polar surface area (TPSA) is 43.9 Å². The van der Waals surface area contributed by atoms with Crippen molar-refractivity contribution in [2.45, 2.75) is 0 Å². The van der Waals surface area contributed by atoms with Crippen LogP contribution in [0.2, 0.25) is 0 Å². The molecule has 10 rings (SSSR count). The Kier molecular flexibility index (Phi) is 4.27. The van der Waals surface area contributed by atoms with Gasteiger partial charge in [-0.1, -0.05) is 127 Å². The van der Waals surface area contributed by atoms with E-state index in [0.29, 0.717) is 28.0 Å². The average Bonchev–Trinajstić information content (AvgIpc) is 3.85. The summed E-state index contributed by atoms with van der Waals surface area (Å²) in [6, 6.07) is 24.4. The SMILES string of the molecule is [2H]c1c([2H])c([2H])c(-n2c3c([2H])c([2H])c([2H])c([2H])c3c3c(-c4cc(-c5cccc(-c6ccccc6)c5)nc(-c5cccc6c5oc5ccccc56)n4)c([2H])c([2H])c([2H])c32)c([2H])c1[2H]. The Hall–Kier alpha value is -6.78. The minimum Gasteiger partial charge on any atom is -0.455 e. The van der Waals surface area contributed by atoms with Crippen molar-refractivity contribution < 1.29 is 20.9 Å². The van der Waals surface area contributed by atoms with Crippen LogP contribution in [0.5, 0.6) is 0 Å². The van der Waals surface area contributed by atoms with Gasteiger partial charge in [-0.2, -0.15) is 0 Å². The van der Waals surface area contributed by atoms with Crippen LogP contribution in [-0.2, 0) is 0 Å². The van der Waals surface area contributed by atoms with Crippen LogP contribution in [0.15, 0.2) is 180 Å². The second-order valence-electron chi connectivity index (χ2n) is 11.7. The third-order valence-corrected chi connectivity index (χ3v) is 8.82. The molecule has 0 saturated heterocycles. The zero-order valence-corrected chi connectivity index (χ0v) is 26.1. The van der Waals surface area contributed by atoms with Gasteiger partial charge in [0.1, 0.15) is 11.2 Å². The molecule has 0 saturated carbocycles. The monoisotopic (exact) mass is 651 g/mol. The van der Waals surface area contributed by atoms with Crippen LogP contribution in [0.1, 0.15) is 16.4 Å². The van der Waals surface area contributed by atoms with E-state index in [1.54, 1.807) is 12.1 Å². The van der Waals surface area contributed by atoms with Gasteiger partial charge >= 0.3 is 0 Å². The number of furan rings is 1. The summed E-state index contributed by atoms with van der Waals surface area (Å²) in [6.45, 7) is 0. The molecule has 3 heterocycles. The lowest BCUT2D eigenvalue weighted by Crippen LogP contribution is -1.97. The molecule has 234 valence electrons. The molecular weight excluding hydrogens is 611 g/mol. The smallest absolute Gasteiger partial charge is 0.164 e. The van der Waals surface area contributed by atoms with Gasteiger partial charge in [0.05, 0.1) is 44.4 Å². The number of hydrogen-bond donors (Lipinski definition) is 0. The molecule has 0 spiro atoms.